The summed E-state index contributed by atoms with van der Waals surface area (Å²) < 4.78 is 48.0. The summed E-state index contributed by atoms with van der Waals surface area (Å²) in [7, 11) is 0. The number of para-hydroxylation sites is 2. The van der Waals surface area contributed by atoms with Crippen molar-refractivity contribution in [3.8, 4) is 22.5 Å². The van der Waals surface area contributed by atoms with Gasteiger partial charge in [-0.25, -0.2) is 19.4 Å². The highest BCUT2D eigenvalue weighted by molar-refractivity contribution is 6.14. The molecule has 0 aliphatic rings. The molecule has 0 spiro atoms. The van der Waals surface area contributed by atoms with Crippen LogP contribution in [0.2, 0.25) is 0 Å². The Hall–Kier alpha value is -7.33. The smallest absolute Gasteiger partial charge is 0.319 e. The van der Waals surface area contributed by atoms with Crippen LogP contribution in [-0.4, -0.2) is 9.13 Å². The molecule has 6 nitrogen and oxygen atoms in total. The summed E-state index contributed by atoms with van der Waals surface area (Å²) in [4.78, 5) is 14.8. The summed E-state index contributed by atoms with van der Waals surface area (Å²) in [5, 5.41) is 3.07. The molecule has 0 fully saturated rings. The third-order valence-corrected chi connectivity index (χ3v) is 9.01. The number of fused-ring (bicyclic) bond motifs is 6. The highest BCUT2D eigenvalue weighted by atomic mass is 19.4. The molecule has 8 aromatic rings. The van der Waals surface area contributed by atoms with Gasteiger partial charge in [0.15, 0.2) is 17.1 Å². The highest BCUT2D eigenvalue weighted by Crippen LogP contribution is 2.50. The van der Waals surface area contributed by atoms with Gasteiger partial charge < -0.3 is 9.13 Å². The Morgan fingerprint density at radius 2 is 1.06 bits per heavy atom. The molecule has 0 unspecified atom stereocenters. The number of halogens is 3. The first kappa shape index (κ1) is 30.0. The van der Waals surface area contributed by atoms with Gasteiger partial charge in [-0.2, -0.15) is 13.2 Å². The summed E-state index contributed by atoms with van der Waals surface area (Å²) in [5.41, 5.74) is 2.68. The van der Waals surface area contributed by atoms with Gasteiger partial charge in [0.25, 0.3) is 0 Å². The molecule has 234 valence electrons. The van der Waals surface area contributed by atoms with Crippen molar-refractivity contribution < 1.29 is 13.2 Å². The van der Waals surface area contributed by atoms with Gasteiger partial charge in [0.1, 0.15) is 0 Å². The van der Waals surface area contributed by atoms with Gasteiger partial charge >= 0.3 is 6.18 Å². The zero-order valence-corrected chi connectivity index (χ0v) is 25.8. The van der Waals surface area contributed by atoms with Crippen molar-refractivity contribution in [2.45, 2.75) is 6.18 Å². The number of hydrogen-bond acceptors (Lipinski definition) is 0. The summed E-state index contributed by atoms with van der Waals surface area (Å²) in [6.45, 7) is 31.8. The van der Waals surface area contributed by atoms with Crippen LogP contribution < -0.4 is 0 Å². The number of alkyl halides is 3. The van der Waals surface area contributed by atoms with Crippen molar-refractivity contribution in [2.75, 3.05) is 0 Å². The molecule has 0 atom stereocenters. The first-order chi connectivity index (χ1) is 24.3. The minimum atomic E-state index is -4.80. The Morgan fingerprint density at radius 1 is 0.500 bits per heavy atom. The lowest BCUT2D eigenvalue weighted by molar-refractivity contribution is -0.137. The molecule has 0 bridgehead atoms. The first-order valence-corrected chi connectivity index (χ1v) is 15.2. The van der Waals surface area contributed by atoms with E-state index < -0.39 is 11.7 Å². The van der Waals surface area contributed by atoms with Crippen molar-refractivity contribution in [1.29, 1.82) is 0 Å². The first-order valence-electron chi connectivity index (χ1n) is 15.2. The van der Waals surface area contributed by atoms with E-state index in [0.29, 0.717) is 39.0 Å². The second-order valence-corrected chi connectivity index (χ2v) is 11.6. The summed E-state index contributed by atoms with van der Waals surface area (Å²) in [6.07, 6.45) is -4.80. The summed E-state index contributed by atoms with van der Waals surface area (Å²) in [6, 6.07) is 32.1. The summed E-state index contributed by atoms with van der Waals surface area (Å²) in [5.74, 6) is 0. The number of aromatic nitrogens is 2. The maximum atomic E-state index is 14.8. The molecule has 2 heterocycles. The van der Waals surface area contributed by atoms with Gasteiger partial charge in [-0.05, 0) is 58.8 Å². The molecule has 0 saturated heterocycles. The van der Waals surface area contributed by atoms with E-state index in [1.54, 1.807) is 47.0 Å². The standard InChI is InChI=1S/C41H19F3N6/c1-45-24-16-19-35-29(22-24)26-10-5-7-14-33(26)49(35)37-21-18-28(38-31(41(42,43)44)12-9-13-32(38)47-3)40(39(37)48-4)50-34-15-8-6-11-27(34)30-23-25(46-2)17-20-36(30)50/h5-23H. The average molecular weight is 653 g/mol. The van der Waals surface area contributed by atoms with E-state index in [4.69, 9.17) is 26.3 Å². The van der Waals surface area contributed by atoms with Crippen LogP contribution >= 0.6 is 0 Å². The fraction of sp³-hybridized carbons (Fsp3) is 0.0244. The predicted molar refractivity (Wildman–Crippen MR) is 191 cm³/mol. The van der Waals surface area contributed by atoms with E-state index in [1.807, 2.05) is 59.2 Å². The zero-order valence-electron chi connectivity index (χ0n) is 25.8. The molecular formula is C41H19F3N6. The number of nitrogens with zero attached hydrogens (tertiary/aromatic N) is 6. The molecule has 0 amide bonds. The van der Waals surface area contributed by atoms with Gasteiger partial charge in [0.2, 0.25) is 5.69 Å². The highest BCUT2D eigenvalue weighted by Gasteiger charge is 2.36. The van der Waals surface area contributed by atoms with Crippen LogP contribution in [0.5, 0.6) is 0 Å². The summed E-state index contributed by atoms with van der Waals surface area (Å²) >= 11 is 0. The van der Waals surface area contributed by atoms with Crippen molar-refractivity contribution in [3.05, 3.63) is 166 Å². The lowest BCUT2D eigenvalue weighted by Crippen LogP contribution is -2.09. The van der Waals surface area contributed by atoms with Gasteiger partial charge in [-0.1, -0.05) is 72.8 Å². The normalized spacial score (nSPS) is 11.4. The van der Waals surface area contributed by atoms with E-state index in [2.05, 4.69) is 19.4 Å². The Bertz CT molecular complexity index is 2920. The van der Waals surface area contributed by atoms with E-state index in [1.165, 1.54) is 12.1 Å². The molecule has 8 rings (SSSR count). The van der Waals surface area contributed by atoms with E-state index in [0.717, 1.165) is 27.7 Å². The molecule has 50 heavy (non-hydrogen) atoms. The van der Waals surface area contributed by atoms with Crippen molar-refractivity contribution in [2.24, 2.45) is 0 Å². The van der Waals surface area contributed by atoms with Crippen molar-refractivity contribution in [3.63, 3.8) is 0 Å². The van der Waals surface area contributed by atoms with Gasteiger partial charge in [-0.15, -0.1) is 0 Å². The van der Waals surface area contributed by atoms with Crippen LogP contribution in [0.25, 0.3) is 85.5 Å². The Balaban J connectivity index is 1.61. The monoisotopic (exact) mass is 652 g/mol. The van der Waals surface area contributed by atoms with Crippen LogP contribution in [0.1, 0.15) is 5.56 Å². The Labute approximate surface area is 283 Å². The third kappa shape index (κ3) is 4.32. The predicted octanol–water partition coefficient (Wildman–Crippen LogP) is 12.8. The maximum Gasteiger partial charge on any atom is 0.415 e. The fourth-order valence-electron chi connectivity index (χ4n) is 7.00. The van der Waals surface area contributed by atoms with Crippen molar-refractivity contribution >= 4 is 66.4 Å². The maximum absolute atomic E-state index is 14.8. The second-order valence-electron chi connectivity index (χ2n) is 11.6. The van der Waals surface area contributed by atoms with Gasteiger partial charge in [0, 0.05) is 16.3 Å². The van der Waals surface area contributed by atoms with Gasteiger partial charge in [-0.3, -0.25) is 0 Å². The Kier molecular flexibility index (Phi) is 6.69. The molecule has 0 aliphatic heterocycles. The molecule has 0 aliphatic carbocycles. The van der Waals surface area contributed by atoms with E-state index in [-0.39, 0.29) is 28.2 Å². The topological polar surface area (TPSA) is 27.3 Å². The molecule has 9 heteroatoms. The van der Waals surface area contributed by atoms with Crippen LogP contribution in [0, 0.1) is 26.3 Å². The average Bonchev–Trinajstić information content (AvgIpc) is 3.65. The van der Waals surface area contributed by atoms with Crippen LogP contribution in [0.15, 0.2) is 115 Å². The molecule has 2 aromatic heterocycles. The molecule has 0 radical (unpaired) electrons. The largest absolute Gasteiger partial charge is 0.415 e. The zero-order chi connectivity index (χ0) is 34.7. The number of hydrogen-bond donors (Lipinski definition) is 0. The molecule has 0 saturated carbocycles. The number of rotatable bonds is 3. The quantitative estimate of drug-likeness (QED) is 0.170. The van der Waals surface area contributed by atoms with Crippen molar-refractivity contribution in [1.82, 2.24) is 9.13 Å². The number of benzene rings is 6. The van der Waals surface area contributed by atoms with E-state index >= 15 is 0 Å². The lowest BCUT2D eigenvalue weighted by Gasteiger charge is -2.23. The van der Waals surface area contributed by atoms with E-state index in [9.17, 15) is 13.2 Å². The van der Waals surface area contributed by atoms with Crippen LogP contribution in [-0.2, 0) is 6.18 Å². The van der Waals surface area contributed by atoms with Crippen LogP contribution in [0.4, 0.5) is 35.9 Å². The minimum Gasteiger partial charge on any atom is -0.319 e. The fourth-order valence-corrected chi connectivity index (χ4v) is 7.00. The van der Waals surface area contributed by atoms with Gasteiger partial charge in [0.05, 0.1) is 65.3 Å². The molecular weight excluding hydrogens is 633 g/mol. The SMILES string of the molecule is [C-]#[N+]c1ccc2c(c1)c1ccccc1n2-c1ccc(-c2c([N+]#[C-])cccc2C(F)(F)F)c(-n2c3ccccc3c3cc([N+]#[C-])ccc32)c1[N+]#[C-]. The minimum absolute atomic E-state index is 0.0595. The molecule has 6 aromatic carbocycles. The molecule has 0 N–H and O–H groups in total. The Morgan fingerprint density at radius 3 is 1.62 bits per heavy atom. The second kappa shape index (κ2) is 11.1. The van der Waals surface area contributed by atoms with Crippen LogP contribution in [0.3, 0.4) is 0 Å². The third-order valence-electron chi connectivity index (χ3n) is 9.01. The lowest BCUT2D eigenvalue weighted by atomic mass is 9.94.